The molecule has 3 heterocycles. The summed E-state index contributed by atoms with van der Waals surface area (Å²) < 4.78 is 16.5. The highest BCUT2D eigenvalue weighted by atomic mass is 16.7. The first-order valence-electron chi connectivity index (χ1n) is 15.0. The van der Waals surface area contributed by atoms with Crippen LogP contribution in [-0.4, -0.2) is 93.5 Å². The number of amides is 2. The zero-order valence-corrected chi connectivity index (χ0v) is 25.5. The smallest absolute Gasteiger partial charge is 0.313 e. The molecule has 4 rings (SSSR count). The van der Waals surface area contributed by atoms with Crippen molar-refractivity contribution in [3.8, 4) is 11.5 Å². The zero-order valence-electron chi connectivity index (χ0n) is 25.5. The third-order valence-corrected chi connectivity index (χ3v) is 7.96. The fourth-order valence-corrected chi connectivity index (χ4v) is 5.90. The number of ether oxygens (including phenoxy) is 3. The average Bonchev–Trinajstić information content (AvgIpc) is 3.58. The topological polar surface area (TPSA) is 84.8 Å². The van der Waals surface area contributed by atoms with Gasteiger partial charge >= 0.3 is 5.91 Å². The van der Waals surface area contributed by atoms with E-state index in [1.165, 1.54) is 0 Å². The molecule has 0 aliphatic carbocycles. The average molecular weight is 570 g/mol. The second-order valence-corrected chi connectivity index (χ2v) is 12.5. The molecular weight excluding hydrogens is 520 g/mol. The first kappa shape index (κ1) is 31.2. The molecular formula is C32H49N4O5+. The van der Waals surface area contributed by atoms with Crippen LogP contribution in [-0.2, 0) is 20.9 Å². The number of rotatable bonds is 11. The van der Waals surface area contributed by atoms with Crippen molar-refractivity contribution >= 4 is 11.8 Å². The third kappa shape index (κ3) is 8.64. The minimum Gasteiger partial charge on any atom is -0.454 e. The molecule has 3 atom stereocenters. The van der Waals surface area contributed by atoms with Crippen molar-refractivity contribution in [2.45, 2.75) is 65.6 Å². The monoisotopic (exact) mass is 569 g/mol. The number of allylic oxidation sites excluding steroid dienone is 1. The van der Waals surface area contributed by atoms with Gasteiger partial charge in [-0.15, -0.1) is 0 Å². The lowest BCUT2D eigenvalue weighted by Crippen LogP contribution is -3.18. The van der Waals surface area contributed by atoms with Crippen LogP contribution in [0.25, 0.3) is 0 Å². The van der Waals surface area contributed by atoms with E-state index in [9.17, 15) is 9.59 Å². The standard InChI is InChI=1S/C32H48N4O5/c1-6-7-8-24(11-16-39-5)21-36(30(37)19-32(2,3)4)26-18-27(31(38)34-14-12-33-13-15-34)35(22-26)20-25-9-10-28-29(17-25)41-23-40-28/h7-11,17,26-27,33H,6,12-16,18-23H2,1-5H3/p+1. The number of nitrogens with zero attached hydrogens (tertiary/aromatic N) is 2. The van der Waals surface area contributed by atoms with Gasteiger partial charge in [-0.05, 0) is 29.5 Å². The Kier molecular flexibility index (Phi) is 11.0. The molecule has 0 spiro atoms. The molecule has 0 aromatic heterocycles. The van der Waals surface area contributed by atoms with Crippen molar-refractivity contribution in [2.24, 2.45) is 5.41 Å². The van der Waals surface area contributed by atoms with E-state index in [0.29, 0.717) is 52.2 Å². The van der Waals surface area contributed by atoms with Gasteiger partial charge in [0.2, 0.25) is 12.7 Å². The van der Waals surface area contributed by atoms with E-state index < -0.39 is 0 Å². The summed E-state index contributed by atoms with van der Waals surface area (Å²) in [5.74, 6) is 1.86. The Hall–Kier alpha value is -2.72. The summed E-state index contributed by atoms with van der Waals surface area (Å²) in [5, 5.41) is 3.35. The molecule has 1 aromatic carbocycles. The zero-order chi connectivity index (χ0) is 29.4. The minimum atomic E-state index is -0.279. The van der Waals surface area contributed by atoms with Crippen molar-refractivity contribution in [1.29, 1.82) is 0 Å². The van der Waals surface area contributed by atoms with E-state index in [2.05, 4.69) is 56.1 Å². The van der Waals surface area contributed by atoms with Crippen LogP contribution in [0.2, 0.25) is 0 Å². The molecule has 2 amide bonds. The van der Waals surface area contributed by atoms with Crippen LogP contribution in [0, 0.1) is 5.41 Å². The molecule has 41 heavy (non-hydrogen) atoms. The lowest BCUT2D eigenvalue weighted by Gasteiger charge is -2.32. The number of quaternary nitrogens is 1. The van der Waals surface area contributed by atoms with Gasteiger partial charge in [-0.25, -0.2) is 4.79 Å². The van der Waals surface area contributed by atoms with Crippen LogP contribution in [0.4, 0.5) is 0 Å². The van der Waals surface area contributed by atoms with Gasteiger partial charge in [0.25, 0.3) is 0 Å². The van der Waals surface area contributed by atoms with E-state index in [1.807, 2.05) is 23.1 Å². The van der Waals surface area contributed by atoms with E-state index in [1.54, 1.807) is 7.11 Å². The molecule has 2 fully saturated rings. The fourth-order valence-electron chi connectivity index (χ4n) is 5.90. The van der Waals surface area contributed by atoms with Crippen LogP contribution in [0.5, 0.6) is 11.5 Å². The number of carbonyl (C=O) groups excluding carboxylic acids is 2. The Morgan fingerprint density at radius 3 is 2.63 bits per heavy atom. The van der Waals surface area contributed by atoms with Gasteiger partial charge in [0, 0.05) is 51.8 Å². The van der Waals surface area contributed by atoms with Gasteiger partial charge in [0.15, 0.2) is 11.5 Å². The summed E-state index contributed by atoms with van der Waals surface area (Å²) in [7, 11) is 1.68. The van der Waals surface area contributed by atoms with E-state index >= 15 is 0 Å². The molecule has 3 unspecified atom stereocenters. The highest BCUT2D eigenvalue weighted by Gasteiger charge is 2.45. The quantitative estimate of drug-likeness (QED) is 0.395. The Morgan fingerprint density at radius 1 is 1.17 bits per heavy atom. The largest absolute Gasteiger partial charge is 0.454 e. The Labute approximate surface area is 245 Å². The van der Waals surface area contributed by atoms with Gasteiger partial charge in [0.05, 0.1) is 25.6 Å². The molecule has 0 radical (unpaired) electrons. The van der Waals surface area contributed by atoms with E-state index in [4.69, 9.17) is 14.2 Å². The van der Waals surface area contributed by atoms with Crippen LogP contribution < -0.4 is 19.7 Å². The molecule has 2 saturated heterocycles. The summed E-state index contributed by atoms with van der Waals surface area (Å²) in [6.07, 6.45) is 8.36. The third-order valence-electron chi connectivity index (χ3n) is 7.96. The number of piperazine rings is 1. The Morgan fingerprint density at radius 2 is 1.93 bits per heavy atom. The number of fused-ring (bicyclic) bond motifs is 1. The van der Waals surface area contributed by atoms with Crippen molar-refractivity contribution in [3.05, 3.63) is 47.6 Å². The van der Waals surface area contributed by atoms with Crippen LogP contribution >= 0.6 is 0 Å². The molecule has 0 saturated carbocycles. The molecule has 3 aliphatic heterocycles. The van der Waals surface area contributed by atoms with Crippen molar-refractivity contribution in [1.82, 2.24) is 15.1 Å². The van der Waals surface area contributed by atoms with Crippen molar-refractivity contribution in [2.75, 3.05) is 59.8 Å². The van der Waals surface area contributed by atoms with Crippen LogP contribution in [0.15, 0.2) is 42.0 Å². The molecule has 3 aliphatic rings. The van der Waals surface area contributed by atoms with Gasteiger partial charge < -0.3 is 24.4 Å². The summed E-state index contributed by atoms with van der Waals surface area (Å²) in [6, 6.07) is 5.72. The number of hydrogen-bond donors (Lipinski definition) is 2. The SMILES string of the molecule is CCC=CC(=CCOC)C[NH+](C(=O)CC(C)(C)C)C1CC(C(=O)N2CCNCC2)N(Cc2ccc3c(c2)OCO3)C1. The number of benzene rings is 1. The fraction of sp³-hybridized carbons (Fsp3) is 0.625. The maximum atomic E-state index is 13.9. The number of hydrogen-bond acceptors (Lipinski definition) is 7. The van der Waals surface area contributed by atoms with Gasteiger partial charge in [-0.1, -0.05) is 52.0 Å². The minimum absolute atomic E-state index is 0.00306. The molecule has 9 heteroatoms. The van der Waals surface area contributed by atoms with Gasteiger partial charge in [-0.3, -0.25) is 14.6 Å². The van der Waals surface area contributed by atoms with Gasteiger partial charge in [-0.2, -0.15) is 0 Å². The molecule has 226 valence electrons. The van der Waals surface area contributed by atoms with Crippen molar-refractivity contribution < 1.29 is 28.7 Å². The van der Waals surface area contributed by atoms with Gasteiger partial charge in [0.1, 0.15) is 12.6 Å². The lowest BCUT2D eigenvalue weighted by molar-refractivity contribution is -0.841. The number of carbonyl (C=O) groups is 2. The number of methoxy groups -OCH3 is 1. The van der Waals surface area contributed by atoms with E-state index in [-0.39, 0.29) is 36.1 Å². The second-order valence-electron chi connectivity index (χ2n) is 12.5. The maximum absolute atomic E-state index is 13.9. The Bertz CT molecular complexity index is 1110. The summed E-state index contributed by atoms with van der Waals surface area (Å²) >= 11 is 0. The first-order valence-corrected chi connectivity index (χ1v) is 15.0. The lowest BCUT2D eigenvalue weighted by atomic mass is 9.91. The second kappa shape index (κ2) is 14.4. The summed E-state index contributed by atoms with van der Waals surface area (Å²) in [6.45, 7) is 14.1. The van der Waals surface area contributed by atoms with Crippen LogP contribution in [0.3, 0.4) is 0 Å². The predicted molar refractivity (Wildman–Crippen MR) is 159 cm³/mol. The molecule has 2 N–H and O–H groups in total. The highest BCUT2D eigenvalue weighted by molar-refractivity contribution is 5.82. The highest BCUT2D eigenvalue weighted by Crippen LogP contribution is 2.33. The van der Waals surface area contributed by atoms with E-state index in [0.717, 1.165) is 47.0 Å². The normalized spacial score (nSPS) is 22.5. The summed E-state index contributed by atoms with van der Waals surface area (Å²) in [5.41, 5.74) is 2.03. The molecule has 9 nitrogen and oxygen atoms in total. The van der Waals surface area contributed by atoms with Crippen molar-refractivity contribution in [3.63, 3.8) is 0 Å². The number of nitrogens with one attached hydrogen (secondary N) is 2. The number of likely N-dealkylation sites (tertiary alicyclic amines) is 1. The molecule has 1 aromatic rings. The predicted octanol–water partition coefficient (Wildman–Crippen LogP) is 2.18. The maximum Gasteiger partial charge on any atom is 0.313 e. The first-order chi connectivity index (χ1) is 19.7. The molecule has 0 bridgehead atoms. The Balaban J connectivity index is 1.62. The van der Waals surface area contributed by atoms with Crippen LogP contribution in [0.1, 0.15) is 52.5 Å². The summed E-state index contributed by atoms with van der Waals surface area (Å²) in [4.78, 5) is 33.1.